The first-order chi connectivity index (χ1) is 11.2. The monoisotopic (exact) mass is 313 g/mol. The molecular weight excluding hydrogens is 282 g/mol. The molecule has 5 rings (SSSR count). The minimum atomic E-state index is 0.597. The second kappa shape index (κ2) is 6.12. The molecule has 0 heterocycles. The van der Waals surface area contributed by atoms with Crippen molar-refractivity contribution in [2.45, 2.75) is 65.0 Å². The Kier molecular flexibility index (Phi) is 4.13. The molecule has 4 saturated carbocycles. The van der Waals surface area contributed by atoms with E-state index in [-0.39, 0.29) is 0 Å². The van der Waals surface area contributed by atoms with Gasteiger partial charge in [-0.05, 0) is 93.2 Å². The Labute approximate surface area is 141 Å². The molecular formula is C21H31NO. The topological polar surface area (TPSA) is 21.3 Å². The normalized spacial score (nSPS) is 36.2. The highest BCUT2D eigenvalue weighted by Gasteiger charge is 2.52. The number of hydrogen-bond acceptors (Lipinski definition) is 2. The Bertz CT molecular complexity index is 500. The summed E-state index contributed by atoms with van der Waals surface area (Å²) in [4.78, 5) is 0. The lowest BCUT2D eigenvalue weighted by Gasteiger charge is -2.59. The van der Waals surface area contributed by atoms with Crippen LogP contribution >= 0.6 is 0 Å². The molecule has 4 bridgehead atoms. The predicted molar refractivity (Wildman–Crippen MR) is 94.5 cm³/mol. The average Bonchev–Trinajstić information content (AvgIpc) is 2.53. The van der Waals surface area contributed by atoms with Crippen LogP contribution in [0.25, 0.3) is 0 Å². The van der Waals surface area contributed by atoms with Crippen molar-refractivity contribution in [1.82, 2.24) is 5.32 Å². The summed E-state index contributed by atoms with van der Waals surface area (Å²) in [5, 5.41) is 3.87. The molecule has 4 aliphatic carbocycles. The maximum atomic E-state index is 5.53. The lowest BCUT2D eigenvalue weighted by atomic mass is 9.48. The zero-order valence-corrected chi connectivity index (χ0v) is 14.7. The fraction of sp³-hybridized carbons (Fsp3) is 0.714. The van der Waals surface area contributed by atoms with Gasteiger partial charge in [0.1, 0.15) is 5.75 Å². The number of nitrogens with one attached hydrogen (secondary N) is 1. The van der Waals surface area contributed by atoms with Crippen molar-refractivity contribution in [2.75, 3.05) is 6.61 Å². The van der Waals surface area contributed by atoms with E-state index in [1.165, 1.54) is 44.1 Å². The summed E-state index contributed by atoms with van der Waals surface area (Å²) in [6, 6.07) is 9.23. The van der Waals surface area contributed by atoms with Gasteiger partial charge in [-0.2, -0.15) is 0 Å². The molecule has 1 unspecified atom stereocenters. The molecule has 1 N–H and O–H groups in total. The quantitative estimate of drug-likeness (QED) is 0.816. The fourth-order valence-corrected chi connectivity index (χ4v) is 6.07. The number of hydrogen-bond donors (Lipinski definition) is 1. The summed E-state index contributed by atoms with van der Waals surface area (Å²) in [5.41, 5.74) is 1.96. The van der Waals surface area contributed by atoms with E-state index in [9.17, 15) is 0 Å². The highest BCUT2D eigenvalue weighted by Crippen LogP contribution is 2.61. The van der Waals surface area contributed by atoms with E-state index < -0.39 is 0 Å². The predicted octanol–water partition coefficient (Wildman–Crippen LogP) is 4.78. The Hall–Kier alpha value is -1.02. The second-order valence-corrected chi connectivity index (χ2v) is 8.46. The van der Waals surface area contributed by atoms with E-state index in [0.29, 0.717) is 11.5 Å². The summed E-state index contributed by atoms with van der Waals surface area (Å²) in [5.74, 6) is 4.09. The molecule has 0 amide bonds. The van der Waals surface area contributed by atoms with Crippen molar-refractivity contribution in [3.63, 3.8) is 0 Å². The van der Waals surface area contributed by atoms with E-state index in [2.05, 4.69) is 36.5 Å². The van der Waals surface area contributed by atoms with Gasteiger partial charge in [0.05, 0.1) is 6.61 Å². The lowest BCUT2D eigenvalue weighted by Crippen LogP contribution is -2.54. The van der Waals surface area contributed by atoms with E-state index in [1.807, 2.05) is 6.92 Å². The first-order valence-electron chi connectivity index (χ1n) is 9.62. The van der Waals surface area contributed by atoms with Gasteiger partial charge in [0.2, 0.25) is 0 Å². The maximum Gasteiger partial charge on any atom is 0.119 e. The van der Waals surface area contributed by atoms with Crippen LogP contribution in [0.5, 0.6) is 5.75 Å². The Balaban J connectivity index is 1.37. The van der Waals surface area contributed by atoms with Gasteiger partial charge in [-0.3, -0.25) is 0 Å². The van der Waals surface area contributed by atoms with Gasteiger partial charge in [0.25, 0.3) is 0 Å². The Morgan fingerprint density at radius 3 is 2.13 bits per heavy atom. The van der Waals surface area contributed by atoms with Crippen LogP contribution in [-0.4, -0.2) is 12.6 Å². The third-order valence-electron chi connectivity index (χ3n) is 6.85. The molecule has 126 valence electrons. The van der Waals surface area contributed by atoms with Crippen LogP contribution in [0.1, 0.15) is 57.9 Å². The average molecular weight is 313 g/mol. The largest absolute Gasteiger partial charge is 0.494 e. The van der Waals surface area contributed by atoms with Crippen molar-refractivity contribution < 1.29 is 4.74 Å². The van der Waals surface area contributed by atoms with Crippen molar-refractivity contribution in [2.24, 2.45) is 23.2 Å². The van der Waals surface area contributed by atoms with Crippen molar-refractivity contribution in [3.05, 3.63) is 29.8 Å². The zero-order valence-electron chi connectivity index (χ0n) is 14.7. The van der Waals surface area contributed by atoms with Crippen molar-refractivity contribution in [3.8, 4) is 5.75 Å². The van der Waals surface area contributed by atoms with Crippen LogP contribution in [0, 0.1) is 23.2 Å². The van der Waals surface area contributed by atoms with Crippen LogP contribution in [0.2, 0.25) is 0 Å². The highest BCUT2D eigenvalue weighted by atomic mass is 16.5. The van der Waals surface area contributed by atoms with Crippen molar-refractivity contribution in [1.29, 1.82) is 0 Å². The van der Waals surface area contributed by atoms with Gasteiger partial charge >= 0.3 is 0 Å². The second-order valence-electron chi connectivity index (χ2n) is 8.46. The van der Waals surface area contributed by atoms with Gasteiger partial charge < -0.3 is 10.1 Å². The minimum Gasteiger partial charge on any atom is -0.494 e. The fourth-order valence-electron chi connectivity index (χ4n) is 6.07. The standard InChI is InChI=1S/C21H31NO/c1-3-23-20-6-4-16(5-7-20)14-22-15(2)21-11-17-8-18(12-21)10-19(9-17)13-21/h4-7,15,17-19,22H,3,8-14H2,1-2H3. The van der Waals surface area contributed by atoms with Crippen LogP contribution in [0.3, 0.4) is 0 Å². The molecule has 0 spiro atoms. The highest BCUT2D eigenvalue weighted by molar-refractivity contribution is 5.27. The van der Waals surface area contributed by atoms with E-state index in [0.717, 1.165) is 36.7 Å². The molecule has 1 atom stereocenters. The van der Waals surface area contributed by atoms with Crippen LogP contribution in [-0.2, 0) is 6.54 Å². The summed E-state index contributed by atoms with van der Waals surface area (Å²) in [7, 11) is 0. The number of benzene rings is 1. The van der Waals surface area contributed by atoms with Crippen LogP contribution in [0.15, 0.2) is 24.3 Å². The Morgan fingerprint density at radius 1 is 1.04 bits per heavy atom. The molecule has 4 aliphatic rings. The SMILES string of the molecule is CCOc1ccc(CNC(C)C23CC4CC(CC(C4)C2)C3)cc1. The van der Waals surface area contributed by atoms with Gasteiger partial charge in [-0.25, -0.2) is 0 Å². The van der Waals surface area contributed by atoms with Crippen molar-refractivity contribution >= 4 is 0 Å². The summed E-state index contributed by atoms with van der Waals surface area (Å²) < 4.78 is 5.53. The molecule has 4 fully saturated rings. The van der Waals surface area contributed by atoms with E-state index in [1.54, 1.807) is 0 Å². The third-order valence-corrected chi connectivity index (χ3v) is 6.85. The Morgan fingerprint density at radius 2 is 1.61 bits per heavy atom. The number of rotatable bonds is 6. The summed E-state index contributed by atoms with van der Waals surface area (Å²) in [6.07, 6.45) is 9.05. The lowest BCUT2D eigenvalue weighted by molar-refractivity contribution is -0.0706. The van der Waals surface area contributed by atoms with Crippen LogP contribution < -0.4 is 10.1 Å². The molecule has 1 aromatic carbocycles. The molecule has 0 saturated heterocycles. The van der Waals surface area contributed by atoms with Gasteiger partial charge in [-0.15, -0.1) is 0 Å². The minimum absolute atomic E-state index is 0.597. The molecule has 0 aliphatic heterocycles. The summed E-state index contributed by atoms with van der Waals surface area (Å²) in [6.45, 7) is 6.19. The summed E-state index contributed by atoms with van der Waals surface area (Å²) >= 11 is 0. The van der Waals surface area contributed by atoms with Crippen LogP contribution in [0.4, 0.5) is 0 Å². The van der Waals surface area contributed by atoms with E-state index in [4.69, 9.17) is 4.74 Å². The zero-order chi connectivity index (χ0) is 15.9. The van der Waals surface area contributed by atoms with Gasteiger partial charge in [0, 0.05) is 12.6 Å². The smallest absolute Gasteiger partial charge is 0.119 e. The maximum absolute atomic E-state index is 5.53. The molecule has 2 nitrogen and oxygen atoms in total. The molecule has 0 aromatic heterocycles. The van der Waals surface area contributed by atoms with Gasteiger partial charge in [-0.1, -0.05) is 12.1 Å². The first kappa shape index (κ1) is 15.5. The number of ether oxygens (including phenoxy) is 1. The molecule has 2 heteroatoms. The molecule has 23 heavy (non-hydrogen) atoms. The molecule has 1 aromatic rings. The van der Waals surface area contributed by atoms with E-state index >= 15 is 0 Å². The van der Waals surface area contributed by atoms with Gasteiger partial charge in [0.15, 0.2) is 0 Å². The first-order valence-corrected chi connectivity index (χ1v) is 9.62. The molecule has 0 radical (unpaired) electrons. The third kappa shape index (κ3) is 3.03.